The second kappa shape index (κ2) is 5.15. The Bertz CT molecular complexity index is 344. The van der Waals surface area contributed by atoms with Gasteiger partial charge in [0.15, 0.2) is 0 Å². The van der Waals surface area contributed by atoms with E-state index < -0.39 is 7.32 Å². The van der Waals surface area contributed by atoms with Crippen molar-refractivity contribution >= 4 is 13.1 Å². The molecule has 6 nitrogen and oxygen atoms in total. The van der Waals surface area contributed by atoms with Crippen LogP contribution in [0.3, 0.4) is 0 Å². The molecule has 0 saturated carbocycles. The summed E-state index contributed by atoms with van der Waals surface area (Å²) in [6.07, 6.45) is 0. The molecule has 7 heteroatoms. The van der Waals surface area contributed by atoms with Gasteiger partial charge in [0.2, 0.25) is 5.88 Å². The van der Waals surface area contributed by atoms with Crippen molar-refractivity contribution in [3.8, 4) is 5.88 Å². The molecule has 1 aliphatic rings. The predicted molar refractivity (Wildman–Crippen MR) is 58.1 cm³/mol. The molecule has 2 rings (SSSR count). The monoisotopic (exact) mass is 224 g/mol. The molecule has 0 unspecified atom stereocenters. The van der Waals surface area contributed by atoms with Gasteiger partial charge in [0, 0.05) is 13.1 Å². The van der Waals surface area contributed by atoms with Gasteiger partial charge in [-0.2, -0.15) is 4.98 Å². The van der Waals surface area contributed by atoms with Gasteiger partial charge < -0.3 is 24.3 Å². The van der Waals surface area contributed by atoms with Crippen LogP contribution in [-0.4, -0.2) is 48.7 Å². The maximum Gasteiger partial charge on any atom is 0.708 e. The third-order valence-electron chi connectivity index (χ3n) is 2.27. The summed E-state index contributed by atoms with van der Waals surface area (Å²) in [5.74, 6) is 0.945. The molecule has 2 heterocycles. The van der Waals surface area contributed by atoms with Crippen LogP contribution in [-0.2, 0) is 4.74 Å². The molecule has 0 spiro atoms. The fourth-order valence-corrected chi connectivity index (χ4v) is 1.55. The van der Waals surface area contributed by atoms with Gasteiger partial charge in [-0.1, -0.05) is 6.07 Å². The third kappa shape index (κ3) is 2.85. The van der Waals surface area contributed by atoms with Crippen molar-refractivity contribution in [1.29, 1.82) is 0 Å². The average Bonchev–Trinajstić information content (AvgIpc) is 2.30. The summed E-state index contributed by atoms with van der Waals surface area (Å²) in [5.41, 5.74) is 0. The summed E-state index contributed by atoms with van der Waals surface area (Å²) in [4.78, 5) is 6.22. The molecule has 0 bridgehead atoms. The van der Waals surface area contributed by atoms with Gasteiger partial charge in [-0.25, -0.2) is 0 Å². The van der Waals surface area contributed by atoms with E-state index in [0.717, 1.165) is 18.9 Å². The summed E-state index contributed by atoms with van der Waals surface area (Å²) in [5, 5.41) is 17.3. The summed E-state index contributed by atoms with van der Waals surface area (Å²) < 4.78 is 9.92. The van der Waals surface area contributed by atoms with E-state index in [0.29, 0.717) is 13.2 Å². The molecular weight excluding hydrogens is 211 g/mol. The van der Waals surface area contributed by atoms with Gasteiger partial charge in [-0.05, 0) is 12.1 Å². The topological polar surface area (TPSA) is 75.0 Å². The fraction of sp³-hybridized carbons (Fsp3) is 0.444. The minimum Gasteiger partial charge on any atom is -0.498 e. The first kappa shape index (κ1) is 11.2. The van der Waals surface area contributed by atoms with Crippen LogP contribution in [0.5, 0.6) is 5.88 Å². The standard InChI is InChI=1S/C9H13BN2O4/c13-10(14)16-9-3-1-2-8(11-9)12-4-6-15-7-5-12/h1-3,13-14H,4-7H2. The highest BCUT2D eigenvalue weighted by Gasteiger charge is 2.15. The Labute approximate surface area is 93.6 Å². The molecule has 0 atom stereocenters. The highest BCUT2D eigenvalue weighted by atomic mass is 16.6. The zero-order valence-electron chi connectivity index (χ0n) is 8.74. The van der Waals surface area contributed by atoms with Crippen molar-refractivity contribution in [3.63, 3.8) is 0 Å². The summed E-state index contributed by atoms with van der Waals surface area (Å²) >= 11 is 0. The predicted octanol–water partition coefficient (Wildman–Crippen LogP) is -0.734. The van der Waals surface area contributed by atoms with Crippen LogP contribution in [0.2, 0.25) is 0 Å². The molecule has 16 heavy (non-hydrogen) atoms. The van der Waals surface area contributed by atoms with Gasteiger partial charge >= 0.3 is 7.32 Å². The lowest BCUT2D eigenvalue weighted by atomic mass is 10.2. The van der Waals surface area contributed by atoms with Gasteiger partial charge in [0.05, 0.1) is 13.2 Å². The molecule has 2 N–H and O–H groups in total. The summed E-state index contributed by atoms with van der Waals surface area (Å²) in [6.45, 7) is 2.90. The van der Waals surface area contributed by atoms with Crippen molar-refractivity contribution in [2.24, 2.45) is 0 Å². The van der Waals surface area contributed by atoms with E-state index in [1.54, 1.807) is 12.1 Å². The molecule has 1 aliphatic heterocycles. The van der Waals surface area contributed by atoms with Crippen LogP contribution in [0, 0.1) is 0 Å². The maximum atomic E-state index is 8.67. The summed E-state index contributed by atoms with van der Waals surface area (Å²) in [6, 6.07) is 5.18. The quantitative estimate of drug-likeness (QED) is 0.659. The first-order valence-electron chi connectivity index (χ1n) is 5.08. The first-order chi connectivity index (χ1) is 7.75. The van der Waals surface area contributed by atoms with Gasteiger partial charge in [0.25, 0.3) is 0 Å². The van der Waals surface area contributed by atoms with E-state index in [9.17, 15) is 0 Å². The second-order valence-electron chi connectivity index (χ2n) is 3.38. The Kier molecular flexibility index (Phi) is 3.60. The van der Waals surface area contributed by atoms with Crippen molar-refractivity contribution < 1.29 is 19.4 Å². The van der Waals surface area contributed by atoms with E-state index in [-0.39, 0.29) is 5.88 Å². The van der Waals surface area contributed by atoms with E-state index in [4.69, 9.17) is 14.8 Å². The lowest BCUT2D eigenvalue weighted by Gasteiger charge is -2.27. The van der Waals surface area contributed by atoms with Crippen molar-refractivity contribution in [2.75, 3.05) is 31.2 Å². The number of pyridine rings is 1. The Morgan fingerprint density at radius 2 is 2.06 bits per heavy atom. The Balaban J connectivity index is 2.08. The number of rotatable bonds is 3. The van der Waals surface area contributed by atoms with Crippen LogP contribution < -0.4 is 9.55 Å². The van der Waals surface area contributed by atoms with Gasteiger partial charge in [0.1, 0.15) is 5.82 Å². The molecule has 1 aromatic rings. The first-order valence-corrected chi connectivity index (χ1v) is 5.08. The number of ether oxygens (including phenoxy) is 1. The van der Waals surface area contributed by atoms with Crippen LogP contribution in [0.1, 0.15) is 0 Å². The average molecular weight is 224 g/mol. The molecule has 0 radical (unpaired) electrons. The molecule has 1 fully saturated rings. The molecule has 1 aromatic heterocycles. The smallest absolute Gasteiger partial charge is 0.498 e. The normalized spacial score (nSPS) is 16.0. The number of morpholine rings is 1. The van der Waals surface area contributed by atoms with Crippen LogP contribution >= 0.6 is 0 Å². The number of anilines is 1. The third-order valence-corrected chi connectivity index (χ3v) is 2.27. The number of hydrogen-bond acceptors (Lipinski definition) is 6. The Morgan fingerprint density at radius 3 is 2.75 bits per heavy atom. The van der Waals surface area contributed by atoms with E-state index in [2.05, 4.69) is 14.5 Å². The van der Waals surface area contributed by atoms with Gasteiger partial charge in [-0.3, -0.25) is 0 Å². The molecular formula is C9H13BN2O4. The van der Waals surface area contributed by atoms with Crippen molar-refractivity contribution in [1.82, 2.24) is 4.98 Å². The minimum atomic E-state index is -1.84. The van der Waals surface area contributed by atoms with Crippen LogP contribution in [0.15, 0.2) is 18.2 Å². The van der Waals surface area contributed by atoms with E-state index in [1.165, 1.54) is 0 Å². The van der Waals surface area contributed by atoms with Crippen LogP contribution in [0.25, 0.3) is 0 Å². The fourth-order valence-electron chi connectivity index (χ4n) is 1.55. The minimum absolute atomic E-state index is 0.194. The number of hydrogen-bond donors (Lipinski definition) is 2. The molecule has 0 aliphatic carbocycles. The zero-order chi connectivity index (χ0) is 11.4. The van der Waals surface area contributed by atoms with Crippen molar-refractivity contribution in [3.05, 3.63) is 18.2 Å². The highest BCUT2D eigenvalue weighted by molar-refractivity contribution is 6.33. The Morgan fingerprint density at radius 1 is 1.31 bits per heavy atom. The molecule has 0 amide bonds. The van der Waals surface area contributed by atoms with Crippen LogP contribution in [0.4, 0.5) is 5.82 Å². The molecule has 1 saturated heterocycles. The highest BCUT2D eigenvalue weighted by Crippen LogP contribution is 2.16. The second-order valence-corrected chi connectivity index (χ2v) is 3.38. The number of aromatic nitrogens is 1. The van der Waals surface area contributed by atoms with Crippen molar-refractivity contribution in [2.45, 2.75) is 0 Å². The summed E-state index contributed by atoms with van der Waals surface area (Å²) in [7, 11) is -1.84. The SMILES string of the molecule is OB(O)Oc1cccc(N2CCOCC2)n1. The number of nitrogens with zero attached hydrogens (tertiary/aromatic N) is 2. The zero-order valence-corrected chi connectivity index (χ0v) is 8.74. The Hall–Kier alpha value is -1.31. The molecule has 0 aromatic carbocycles. The lowest BCUT2D eigenvalue weighted by Crippen LogP contribution is -2.36. The van der Waals surface area contributed by atoms with E-state index in [1.807, 2.05) is 6.07 Å². The van der Waals surface area contributed by atoms with E-state index >= 15 is 0 Å². The van der Waals surface area contributed by atoms with Gasteiger partial charge in [-0.15, -0.1) is 0 Å². The maximum absolute atomic E-state index is 8.67. The molecule has 86 valence electrons. The largest absolute Gasteiger partial charge is 0.708 e. The lowest BCUT2D eigenvalue weighted by molar-refractivity contribution is 0.122.